The Labute approximate surface area is 137 Å². The van der Waals surface area contributed by atoms with Gasteiger partial charge in [-0.2, -0.15) is 0 Å². The van der Waals surface area contributed by atoms with Crippen molar-refractivity contribution in [3.63, 3.8) is 0 Å². The van der Waals surface area contributed by atoms with Gasteiger partial charge in [-0.05, 0) is 19.4 Å². The van der Waals surface area contributed by atoms with Gasteiger partial charge in [-0.1, -0.05) is 30.3 Å². The Kier molecular flexibility index (Phi) is 4.59. The number of nitrogens with one attached hydrogen (secondary N) is 1. The van der Waals surface area contributed by atoms with Gasteiger partial charge in [0.05, 0.1) is 27.0 Å². The summed E-state index contributed by atoms with van der Waals surface area (Å²) in [6, 6.07) is 12.0. The molecule has 0 spiro atoms. The highest BCUT2D eigenvalue weighted by molar-refractivity contribution is 5.99. The van der Waals surface area contributed by atoms with E-state index in [-0.39, 0.29) is 5.69 Å². The second kappa shape index (κ2) is 6.45. The van der Waals surface area contributed by atoms with Gasteiger partial charge in [0, 0.05) is 12.1 Å². The van der Waals surface area contributed by atoms with Crippen molar-refractivity contribution < 1.29 is 14.6 Å². The Morgan fingerprint density at radius 2 is 1.46 bits per heavy atom. The van der Waals surface area contributed by atoms with Gasteiger partial charge in [0.1, 0.15) is 0 Å². The summed E-state index contributed by atoms with van der Waals surface area (Å²) in [7, 11) is 0. The van der Waals surface area contributed by atoms with Gasteiger partial charge in [-0.25, -0.2) is 0 Å². The standard InChI is InChI=1S/C16H15N3O5/c1-16(2,11-6-4-3-5-7-11)15(20)17-12-8-13(18(21)22)10-14(9-12)19(23)24/h3-10H,1-2H3,(H,17,20). The average Bonchev–Trinajstić information content (AvgIpc) is 2.55. The number of non-ortho nitro benzene ring substituents is 2. The fourth-order valence-electron chi connectivity index (χ4n) is 2.15. The molecule has 0 saturated heterocycles. The highest BCUT2D eigenvalue weighted by Crippen LogP contribution is 2.29. The number of amides is 1. The summed E-state index contributed by atoms with van der Waals surface area (Å²) < 4.78 is 0. The summed E-state index contributed by atoms with van der Waals surface area (Å²) in [6.07, 6.45) is 0. The van der Waals surface area contributed by atoms with E-state index in [2.05, 4.69) is 5.32 Å². The zero-order valence-corrected chi connectivity index (χ0v) is 13.1. The van der Waals surface area contributed by atoms with E-state index in [9.17, 15) is 25.0 Å². The van der Waals surface area contributed by atoms with Crippen LogP contribution in [0.25, 0.3) is 0 Å². The monoisotopic (exact) mass is 329 g/mol. The largest absolute Gasteiger partial charge is 0.325 e. The van der Waals surface area contributed by atoms with Crippen LogP contribution < -0.4 is 5.32 Å². The maximum Gasteiger partial charge on any atom is 0.278 e. The maximum atomic E-state index is 12.5. The van der Waals surface area contributed by atoms with Crippen LogP contribution in [0.1, 0.15) is 19.4 Å². The van der Waals surface area contributed by atoms with E-state index in [1.54, 1.807) is 38.1 Å². The Balaban J connectivity index is 2.35. The van der Waals surface area contributed by atoms with Crippen LogP contribution >= 0.6 is 0 Å². The topological polar surface area (TPSA) is 115 Å². The number of benzene rings is 2. The molecule has 0 unspecified atom stereocenters. The third-order valence-electron chi connectivity index (χ3n) is 3.65. The molecule has 8 heteroatoms. The molecule has 2 aromatic carbocycles. The minimum absolute atomic E-state index is 0.00454. The van der Waals surface area contributed by atoms with Gasteiger partial charge < -0.3 is 5.32 Å². The van der Waals surface area contributed by atoms with Gasteiger partial charge in [0.2, 0.25) is 5.91 Å². The summed E-state index contributed by atoms with van der Waals surface area (Å²) in [5.41, 5.74) is -1.08. The van der Waals surface area contributed by atoms with E-state index >= 15 is 0 Å². The molecule has 1 amide bonds. The quantitative estimate of drug-likeness (QED) is 0.666. The molecule has 124 valence electrons. The molecule has 0 atom stereocenters. The number of nitro benzene ring substituents is 2. The minimum atomic E-state index is -0.916. The van der Waals surface area contributed by atoms with Crippen molar-refractivity contribution in [2.45, 2.75) is 19.3 Å². The summed E-state index contributed by atoms with van der Waals surface area (Å²) in [5.74, 6) is -0.427. The van der Waals surface area contributed by atoms with E-state index in [0.717, 1.165) is 23.8 Å². The van der Waals surface area contributed by atoms with Crippen molar-refractivity contribution in [1.29, 1.82) is 0 Å². The molecule has 0 fully saturated rings. The molecule has 2 rings (SSSR count). The molecule has 0 aliphatic heterocycles. The van der Waals surface area contributed by atoms with Crippen LogP contribution in [0.15, 0.2) is 48.5 Å². The Morgan fingerprint density at radius 3 is 1.92 bits per heavy atom. The molecule has 8 nitrogen and oxygen atoms in total. The third kappa shape index (κ3) is 3.54. The van der Waals surface area contributed by atoms with Crippen molar-refractivity contribution in [2.24, 2.45) is 0 Å². The SMILES string of the molecule is CC(C)(C(=O)Nc1cc([N+](=O)[O-])cc([N+](=O)[O-])c1)c1ccccc1. The lowest BCUT2D eigenvalue weighted by Gasteiger charge is -2.24. The van der Waals surface area contributed by atoms with Crippen LogP contribution in [0.5, 0.6) is 0 Å². The second-order valence-corrected chi connectivity index (χ2v) is 5.70. The van der Waals surface area contributed by atoms with Crippen molar-refractivity contribution in [2.75, 3.05) is 5.32 Å². The number of carbonyl (C=O) groups excluding carboxylic acids is 1. The van der Waals surface area contributed by atoms with Crippen LogP contribution in [-0.2, 0) is 10.2 Å². The molecule has 1 N–H and O–H groups in total. The fraction of sp³-hybridized carbons (Fsp3) is 0.188. The van der Waals surface area contributed by atoms with E-state index in [1.807, 2.05) is 6.07 Å². The lowest BCUT2D eigenvalue weighted by atomic mass is 9.83. The third-order valence-corrected chi connectivity index (χ3v) is 3.65. The summed E-state index contributed by atoms with van der Waals surface area (Å²) >= 11 is 0. The molecule has 2 aromatic rings. The maximum absolute atomic E-state index is 12.5. The lowest BCUT2D eigenvalue weighted by molar-refractivity contribution is -0.394. The van der Waals surface area contributed by atoms with Gasteiger partial charge in [0.25, 0.3) is 11.4 Å². The highest BCUT2D eigenvalue weighted by Gasteiger charge is 2.30. The van der Waals surface area contributed by atoms with Crippen LogP contribution in [-0.4, -0.2) is 15.8 Å². The number of nitro groups is 2. The first-order valence-electron chi connectivity index (χ1n) is 7.02. The molecule has 0 aliphatic carbocycles. The molecule has 24 heavy (non-hydrogen) atoms. The zero-order valence-electron chi connectivity index (χ0n) is 13.1. The molecule has 0 radical (unpaired) electrons. The molecule has 0 aliphatic rings. The van der Waals surface area contributed by atoms with Crippen LogP contribution in [0, 0.1) is 20.2 Å². The molecular formula is C16H15N3O5. The Hall–Kier alpha value is -3.29. The van der Waals surface area contributed by atoms with Crippen molar-refractivity contribution in [3.05, 3.63) is 74.3 Å². The normalized spacial score (nSPS) is 10.9. The molecular weight excluding hydrogens is 314 g/mol. The van der Waals surface area contributed by atoms with Gasteiger partial charge in [0.15, 0.2) is 0 Å². The number of carbonyl (C=O) groups is 1. The number of rotatable bonds is 5. The van der Waals surface area contributed by atoms with E-state index < -0.39 is 32.5 Å². The summed E-state index contributed by atoms with van der Waals surface area (Å²) in [4.78, 5) is 32.9. The van der Waals surface area contributed by atoms with Crippen LogP contribution in [0.2, 0.25) is 0 Å². The Morgan fingerprint density at radius 1 is 0.958 bits per heavy atom. The molecule has 0 heterocycles. The van der Waals surface area contributed by atoms with Crippen molar-refractivity contribution in [3.8, 4) is 0 Å². The second-order valence-electron chi connectivity index (χ2n) is 5.70. The predicted molar refractivity (Wildman–Crippen MR) is 87.8 cm³/mol. The first-order valence-corrected chi connectivity index (χ1v) is 7.02. The van der Waals surface area contributed by atoms with E-state index in [4.69, 9.17) is 0 Å². The lowest BCUT2D eigenvalue weighted by Crippen LogP contribution is -2.34. The van der Waals surface area contributed by atoms with Gasteiger partial charge in [-0.15, -0.1) is 0 Å². The molecule has 0 bridgehead atoms. The molecule has 0 aromatic heterocycles. The van der Waals surface area contributed by atoms with E-state index in [1.165, 1.54) is 0 Å². The summed E-state index contributed by atoms with van der Waals surface area (Å²) in [6.45, 7) is 3.40. The van der Waals surface area contributed by atoms with Crippen molar-refractivity contribution in [1.82, 2.24) is 0 Å². The minimum Gasteiger partial charge on any atom is -0.325 e. The molecule has 0 saturated carbocycles. The smallest absolute Gasteiger partial charge is 0.278 e. The fourth-order valence-corrected chi connectivity index (χ4v) is 2.15. The number of nitrogens with zero attached hydrogens (tertiary/aromatic N) is 2. The first kappa shape index (κ1) is 17.1. The Bertz CT molecular complexity index is 770. The summed E-state index contributed by atoms with van der Waals surface area (Å²) in [5, 5.41) is 24.3. The zero-order chi connectivity index (χ0) is 17.9. The van der Waals surface area contributed by atoms with Crippen LogP contribution in [0.4, 0.5) is 17.1 Å². The van der Waals surface area contributed by atoms with Gasteiger partial charge in [-0.3, -0.25) is 25.0 Å². The number of anilines is 1. The van der Waals surface area contributed by atoms with E-state index in [0.29, 0.717) is 0 Å². The average molecular weight is 329 g/mol. The number of hydrogen-bond acceptors (Lipinski definition) is 5. The predicted octanol–water partition coefficient (Wildman–Crippen LogP) is 3.42. The number of hydrogen-bond donors (Lipinski definition) is 1. The first-order chi connectivity index (χ1) is 11.2. The van der Waals surface area contributed by atoms with Crippen LogP contribution in [0.3, 0.4) is 0 Å². The van der Waals surface area contributed by atoms with Gasteiger partial charge >= 0.3 is 0 Å². The van der Waals surface area contributed by atoms with Crippen molar-refractivity contribution >= 4 is 23.0 Å². The highest BCUT2D eigenvalue weighted by atomic mass is 16.6.